The molecule has 0 aromatic carbocycles. The van der Waals surface area contributed by atoms with E-state index in [0.29, 0.717) is 25.8 Å². The highest BCUT2D eigenvalue weighted by Crippen LogP contribution is 2.01. The van der Waals surface area contributed by atoms with E-state index in [9.17, 15) is 24.0 Å². The van der Waals surface area contributed by atoms with Crippen LogP contribution in [-0.4, -0.2) is 59.4 Å². The van der Waals surface area contributed by atoms with Crippen molar-refractivity contribution < 1.29 is 29.1 Å². The minimum atomic E-state index is -1.61. The molecule has 0 saturated carbocycles. The predicted octanol–water partition coefficient (Wildman–Crippen LogP) is -3.75. The van der Waals surface area contributed by atoms with Gasteiger partial charge in [-0.2, -0.15) is 0 Å². The summed E-state index contributed by atoms with van der Waals surface area (Å²) < 4.78 is 0. The summed E-state index contributed by atoms with van der Waals surface area (Å²) in [6, 6.07) is -3.98. The molecule has 0 bridgehead atoms. The summed E-state index contributed by atoms with van der Waals surface area (Å²) in [6.45, 7) is 0.442. The number of aliphatic carboxylic acids is 1. The number of primary amides is 2. The molecule has 26 heavy (non-hydrogen) atoms. The molecule has 0 unspecified atom stereocenters. The fraction of sp³-hybridized carbons (Fsp3) is 0.643. The first-order chi connectivity index (χ1) is 12.1. The first kappa shape index (κ1) is 23.3. The van der Waals surface area contributed by atoms with Gasteiger partial charge in [0, 0.05) is 0 Å². The molecule has 0 saturated heterocycles. The normalized spacial score (nSPS) is 13.9. The van der Waals surface area contributed by atoms with E-state index in [4.69, 9.17) is 28.0 Å². The first-order valence-electron chi connectivity index (χ1n) is 7.94. The van der Waals surface area contributed by atoms with Crippen LogP contribution < -0.4 is 33.6 Å². The van der Waals surface area contributed by atoms with Gasteiger partial charge in [-0.15, -0.1) is 0 Å². The molecule has 0 rings (SSSR count). The van der Waals surface area contributed by atoms with Crippen molar-refractivity contribution >= 4 is 29.6 Å². The number of carbonyl (C=O) groups is 5. The van der Waals surface area contributed by atoms with Gasteiger partial charge >= 0.3 is 5.97 Å². The first-order valence-corrected chi connectivity index (χ1v) is 7.94. The lowest BCUT2D eigenvalue weighted by Gasteiger charge is -2.21. The highest BCUT2D eigenvalue weighted by Gasteiger charge is 2.29. The van der Waals surface area contributed by atoms with Gasteiger partial charge in [0.15, 0.2) is 0 Å². The lowest BCUT2D eigenvalue weighted by Crippen LogP contribution is -2.55. The summed E-state index contributed by atoms with van der Waals surface area (Å²) in [4.78, 5) is 57.3. The summed E-state index contributed by atoms with van der Waals surface area (Å²) >= 11 is 0. The van der Waals surface area contributed by atoms with Gasteiger partial charge in [0.05, 0.1) is 18.9 Å². The van der Waals surface area contributed by atoms with Crippen molar-refractivity contribution in [2.24, 2.45) is 22.9 Å². The summed E-state index contributed by atoms with van der Waals surface area (Å²) in [5, 5.41) is 13.3. The van der Waals surface area contributed by atoms with Crippen LogP contribution in [0.25, 0.3) is 0 Å². The molecular formula is C14H26N6O6. The van der Waals surface area contributed by atoms with E-state index >= 15 is 0 Å². The van der Waals surface area contributed by atoms with E-state index in [2.05, 4.69) is 5.32 Å². The molecule has 0 aliphatic carbocycles. The average molecular weight is 374 g/mol. The Balaban J connectivity index is 4.97. The molecule has 148 valence electrons. The van der Waals surface area contributed by atoms with Gasteiger partial charge in [-0.3, -0.25) is 19.2 Å². The number of carbonyl (C=O) groups excluding carboxylic acids is 4. The van der Waals surface area contributed by atoms with Gasteiger partial charge in [-0.05, 0) is 19.4 Å². The minimum absolute atomic E-state index is 0.313. The number of unbranched alkanes of at least 4 members (excludes halogenated alkanes) is 1. The zero-order valence-electron chi connectivity index (χ0n) is 14.3. The zero-order chi connectivity index (χ0) is 20.3. The van der Waals surface area contributed by atoms with Gasteiger partial charge < -0.3 is 38.7 Å². The van der Waals surface area contributed by atoms with E-state index in [1.54, 1.807) is 0 Å². The lowest BCUT2D eigenvalue weighted by atomic mass is 10.1. The molecule has 0 spiro atoms. The molecule has 0 aromatic rings. The number of carboxylic acids is 1. The third kappa shape index (κ3) is 9.54. The molecule has 11 N–H and O–H groups in total. The van der Waals surface area contributed by atoms with Crippen molar-refractivity contribution in [2.75, 3.05) is 6.54 Å². The molecule has 0 aliphatic rings. The molecule has 0 aliphatic heterocycles. The molecule has 3 atom stereocenters. The van der Waals surface area contributed by atoms with Gasteiger partial charge in [0.25, 0.3) is 0 Å². The Hall–Kier alpha value is -2.73. The number of nitrogens with two attached hydrogens (primary N) is 4. The Kier molecular flexibility index (Phi) is 10.5. The van der Waals surface area contributed by atoms with Crippen molar-refractivity contribution in [3.8, 4) is 0 Å². The molecule has 0 radical (unpaired) electrons. The fourth-order valence-electron chi connectivity index (χ4n) is 2.00. The second-order valence-electron chi connectivity index (χ2n) is 5.69. The third-order valence-electron chi connectivity index (χ3n) is 3.36. The maximum absolute atomic E-state index is 12.2. The molecule has 12 heteroatoms. The Morgan fingerprint density at radius 1 is 0.846 bits per heavy atom. The SMILES string of the molecule is NCCCC[C@H](N)C(=O)N[C@@H](CC(N)=O)C(=O)N[C@@H](CC(N)=O)C(=O)O. The van der Waals surface area contributed by atoms with Crippen molar-refractivity contribution in [2.45, 2.75) is 50.2 Å². The Bertz CT molecular complexity index is 540. The lowest BCUT2D eigenvalue weighted by molar-refractivity contribution is -0.143. The quantitative estimate of drug-likeness (QED) is 0.158. The van der Waals surface area contributed by atoms with Gasteiger partial charge in [-0.25, -0.2) is 4.79 Å². The Morgan fingerprint density at radius 3 is 1.81 bits per heavy atom. The van der Waals surface area contributed by atoms with Crippen LogP contribution in [0, 0.1) is 0 Å². The molecule has 12 nitrogen and oxygen atoms in total. The van der Waals surface area contributed by atoms with Crippen molar-refractivity contribution in [3.63, 3.8) is 0 Å². The highest BCUT2D eigenvalue weighted by molar-refractivity contribution is 5.95. The number of hydrogen-bond acceptors (Lipinski definition) is 7. The summed E-state index contributed by atoms with van der Waals surface area (Å²) in [6.07, 6.45) is 0.345. The van der Waals surface area contributed by atoms with Gasteiger partial charge in [-0.1, -0.05) is 6.42 Å². The van der Waals surface area contributed by atoms with Crippen LogP contribution in [0.3, 0.4) is 0 Å². The summed E-state index contributed by atoms with van der Waals surface area (Å²) in [5.74, 6) is -5.05. The maximum Gasteiger partial charge on any atom is 0.326 e. The van der Waals surface area contributed by atoms with Crippen molar-refractivity contribution in [3.05, 3.63) is 0 Å². The van der Waals surface area contributed by atoms with E-state index in [1.165, 1.54) is 0 Å². The Morgan fingerprint density at radius 2 is 1.35 bits per heavy atom. The number of rotatable bonds is 13. The van der Waals surface area contributed by atoms with Crippen LogP contribution >= 0.6 is 0 Å². The molecular weight excluding hydrogens is 348 g/mol. The predicted molar refractivity (Wildman–Crippen MR) is 90.0 cm³/mol. The van der Waals surface area contributed by atoms with E-state index in [-0.39, 0.29) is 0 Å². The van der Waals surface area contributed by atoms with E-state index in [1.807, 2.05) is 5.32 Å². The molecule has 0 heterocycles. The number of hydrogen-bond donors (Lipinski definition) is 7. The fourth-order valence-corrected chi connectivity index (χ4v) is 2.00. The topological polar surface area (TPSA) is 234 Å². The minimum Gasteiger partial charge on any atom is -0.480 e. The van der Waals surface area contributed by atoms with Crippen molar-refractivity contribution in [1.29, 1.82) is 0 Å². The second-order valence-corrected chi connectivity index (χ2v) is 5.69. The number of nitrogens with one attached hydrogen (secondary N) is 2. The van der Waals surface area contributed by atoms with Crippen LogP contribution in [0.15, 0.2) is 0 Å². The van der Waals surface area contributed by atoms with Crippen LogP contribution in [-0.2, 0) is 24.0 Å². The molecule has 0 aromatic heterocycles. The van der Waals surface area contributed by atoms with Gasteiger partial charge in [0.2, 0.25) is 23.6 Å². The van der Waals surface area contributed by atoms with E-state index < -0.39 is 60.6 Å². The van der Waals surface area contributed by atoms with Crippen LogP contribution in [0.4, 0.5) is 0 Å². The summed E-state index contributed by atoms with van der Waals surface area (Å²) in [5.41, 5.74) is 21.0. The van der Waals surface area contributed by atoms with Crippen LogP contribution in [0.1, 0.15) is 32.1 Å². The molecule has 0 fully saturated rings. The average Bonchev–Trinajstić information content (AvgIpc) is 2.52. The zero-order valence-corrected chi connectivity index (χ0v) is 14.3. The van der Waals surface area contributed by atoms with E-state index in [0.717, 1.165) is 0 Å². The third-order valence-corrected chi connectivity index (χ3v) is 3.36. The maximum atomic E-state index is 12.2. The number of amides is 4. The standard InChI is InChI=1S/C14H26N6O6/c15-4-2-1-3-7(16)12(23)19-8(5-10(17)21)13(24)20-9(14(25)26)6-11(18)22/h7-9H,1-6,15-16H2,(H2,17,21)(H2,18,22)(H,19,23)(H,20,24)(H,25,26)/t7-,8-,9-/m0/s1. The van der Waals surface area contributed by atoms with Gasteiger partial charge in [0.1, 0.15) is 12.1 Å². The smallest absolute Gasteiger partial charge is 0.326 e. The number of carboxylic acid groups (broad SMARTS) is 1. The summed E-state index contributed by atoms with van der Waals surface area (Å²) in [7, 11) is 0. The highest BCUT2D eigenvalue weighted by atomic mass is 16.4. The monoisotopic (exact) mass is 374 g/mol. The van der Waals surface area contributed by atoms with Crippen molar-refractivity contribution in [1.82, 2.24) is 10.6 Å². The Labute approximate surface area is 150 Å². The second kappa shape index (κ2) is 11.8. The largest absolute Gasteiger partial charge is 0.480 e. The molecule has 4 amide bonds. The van der Waals surface area contributed by atoms with Crippen LogP contribution in [0.5, 0.6) is 0 Å². The van der Waals surface area contributed by atoms with Crippen LogP contribution in [0.2, 0.25) is 0 Å².